The lowest BCUT2D eigenvalue weighted by Crippen LogP contribution is -2.41. The molecule has 0 saturated carbocycles. The molecule has 4 rings (SSSR count). The molecule has 0 aromatic heterocycles. The number of carbonyl (C=O) groups is 2. The van der Waals surface area contributed by atoms with Crippen LogP contribution in [0.25, 0.3) is 0 Å². The van der Waals surface area contributed by atoms with Crippen molar-refractivity contribution >= 4 is 23.3 Å². The van der Waals surface area contributed by atoms with E-state index in [1.807, 2.05) is 12.1 Å². The van der Waals surface area contributed by atoms with Crippen LogP contribution in [-0.4, -0.2) is 37.0 Å². The number of likely N-dealkylation sites (tertiary alicyclic amines) is 1. The number of nitrogens with zero attached hydrogens (tertiary/aromatic N) is 2. The van der Waals surface area contributed by atoms with Gasteiger partial charge in [0.15, 0.2) is 0 Å². The molecule has 2 aliphatic heterocycles. The Morgan fingerprint density at radius 2 is 1.97 bits per heavy atom. The lowest BCUT2D eigenvalue weighted by molar-refractivity contribution is -0.118. The molecule has 152 valence electrons. The number of aryl methyl sites for hydroxylation is 1. The van der Waals surface area contributed by atoms with E-state index in [1.165, 1.54) is 6.07 Å². The van der Waals surface area contributed by atoms with Gasteiger partial charge in [0.1, 0.15) is 11.6 Å². The molecule has 2 aliphatic rings. The number of halogens is 2. The molecule has 3 amide bonds. The second-order valence-corrected chi connectivity index (χ2v) is 7.68. The van der Waals surface area contributed by atoms with Gasteiger partial charge < -0.3 is 15.1 Å². The van der Waals surface area contributed by atoms with Crippen molar-refractivity contribution in [1.29, 1.82) is 0 Å². The van der Waals surface area contributed by atoms with Gasteiger partial charge in [-0.1, -0.05) is 0 Å². The Hall–Kier alpha value is -2.96. The van der Waals surface area contributed by atoms with Gasteiger partial charge in [-0.3, -0.25) is 4.79 Å². The Bertz CT molecular complexity index is 963. The van der Waals surface area contributed by atoms with E-state index >= 15 is 0 Å². The minimum absolute atomic E-state index is 0.0817. The van der Waals surface area contributed by atoms with Gasteiger partial charge in [0.25, 0.3) is 0 Å². The van der Waals surface area contributed by atoms with Gasteiger partial charge in [0.05, 0.1) is 0 Å². The first kappa shape index (κ1) is 19.4. The fraction of sp³-hybridized carbons (Fsp3) is 0.364. The summed E-state index contributed by atoms with van der Waals surface area (Å²) in [6, 6.07) is 8.72. The highest BCUT2D eigenvalue weighted by Crippen LogP contribution is 2.31. The molecular weight excluding hydrogens is 376 g/mol. The minimum Gasteiger partial charge on any atom is -0.324 e. The van der Waals surface area contributed by atoms with Crippen LogP contribution in [0.3, 0.4) is 0 Å². The van der Waals surface area contributed by atoms with E-state index in [1.54, 1.807) is 22.9 Å². The standard InChI is InChI=1S/C22H23F2N3O2/c1-26-20-8-6-17(11-14(20)4-9-21(26)28)25-22(29)27-10-2-3-15(13-27)18-12-16(23)5-7-19(18)24/h5-8,11-12,15H,2-4,9-10,13H2,1H3,(H,25,29). The number of amides is 3. The van der Waals surface area contributed by atoms with E-state index in [2.05, 4.69) is 5.32 Å². The second kappa shape index (κ2) is 7.81. The van der Waals surface area contributed by atoms with E-state index in [0.717, 1.165) is 29.8 Å². The highest BCUT2D eigenvalue weighted by atomic mass is 19.1. The van der Waals surface area contributed by atoms with E-state index < -0.39 is 11.6 Å². The summed E-state index contributed by atoms with van der Waals surface area (Å²) in [6.07, 6.45) is 2.54. The molecule has 1 unspecified atom stereocenters. The highest BCUT2D eigenvalue weighted by molar-refractivity contribution is 5.97. The van der Waals surface area contributed by atoms with Crippen LogP contribution in [0.2, 0.25) is 0 Å². The maximum Gasteiger partial charge on any atom is 0.321 e. The van der Waals surface area contributed by atoms with Crippen LogP contribution in [0, 0.1) is 11.6 Å². The average Bonchev–Trinajstić information content (AvgIpc) is 2.72. The fourth-order valence-electron chi connectivity index (χ4n) is 4.18. The van der Waals surface area contributed by atoms with Gasteiger partial charge >= 0.3 is 6.03 Å². The van der Waals surface area contributed by atoms with Crippen molar-refractivity contribution in [1.82, 2.24) is 4.90 Å². The van der Waals surface area contributed by atoms with Gasteiger partial charge in [-0.2, -0.15) is 0 Å². The van der Waals surface area contributed by atoms with Crippen LogP contribution in [0.4, 0.5) is 25.0 Å². The first-order valence-electron chi connectivity index (χ1n) is 9.83. The lowest BCUT2D eigenvalue weighted by Gasteiger charge is -2.33. The number of piperidine rings is 1. The molecule has 7 heteroatoms. The zero-order chi connectivity index (χ0) is 20.5. The Labute approximate surface area is 168 Å². The molecule has 0 aliphatic carbocycles. The normalized spacial score (nSPS) is 19.1. The Morgan fingerprint density at radius 3 is 2.79 bits per heavy atom. The summed E-state index contributed by atoms with van der Waals surface area (Å²) in [4.78, 5) is 27.9. The molecule has 1 saturated heterocycles. The summed E-state index contributed by atoms with van der Waals surface area (Å²) in [6.45, 7) is 0.913. The van der Waals surface area contributed by atoms with Crippen LogP contribution in [0.5, 0.6) is 0 Å². The van der Waals surface area contributed by atoms with Gasteiger partial charge in [0.2, 0.25) is 5.91 Å². The summed E-state index contributed by atoms with van der Waals surface area (Å²) in [5, 5.41) is 2.90. The molecule has 1 fully saturated rings. The molecule has 5 nitrogen and oxygen atoms in total. The van der Waals surface area contributed by atoms with Crippen LogP contribution in [0.15, 0.2) is 36.4 Å². The van der Waals surface area contributed by atoms with Crippen LogP contribution < -0.4 is 10.2 Å². The molecular formula is C22H23F2N3O2. The molecule has 0 bridgehead atoms. The summed E-state index contributed by atoms with van der Waals surface area (Å²) in [5.74, 6) is -1.06. The quantitative estimate of drug-likeness (QED) is 0.819. The predicted molar refractivity (Wildman–Crippen MR) is 107 cm³/mol. The van der Waals surface area contributed by atoms with Crippen molar-refractivity contribution in [2.75, 3.05) is 30.4 Å². The van der Waals surface area contributed by atoms with Crippen molar-refractivity contribution in [2.24, 2.45) is 0 Å². The van der Waals surface area contributed by atoms with Crippen LogP contribution >= 0.6 is 0 Å². The number of carbonyl (C=O) groups excluding carboxylic acids is 2. The first-order valence-corrected chi connectivity index (χ1v) is 9.83. The number of hydrogen-bond acceptors (Lipinski definition) is 2. The van der Waals surface area contributed by atoms with Gasteiger partial charge in [-0.05, 0) is 66.8 Å². The largest absolute Gasteiger partial charge is 0.324 e. The second-order valence-electron chi connectivity index (χ2n) is 7.68. The monoisotopic (exact) mass is 399 g/mol. The lowest BCUT2D eigenvalue weighted by atomic mass is 9.90. The number of anilines is 2. The average molecular weight is 399 g/mol. The zero-order valence-corrected chi connectivity index (χ0v) is 16.3. The predicted octanol–water partition coefficient (Wildman–Crippen LogP) is 4.29. The summed E-state index contributed by atoms with van der Waals surface area (Å²) in [5.41, 5.74) is 2.86. The Balaban J connectivity index is 1.46. The number of urea groups is 1. The third-order valence-electron chi connectivity index (χ3n) is 5.78. The Morgan fingerprint density at radius 1 is 1.14 bits per heavy atom. The zero-order valence-electron chi connectivity index (χ0n) is 16.3. The molecule has 2 aromatic carbocycles. The van der Waals surface area contributed by atoms with E-state index in [9.17, 15) is 18.4 Å². The van der Waals surface area contributed by atoms with Crippen molar-refractivity contribution in [3.8, 4) is 0 Å². The topological polar surface area (TPSA) is 52.7 Å². The number of benzene rings is 2. The van der Waals surface area contributed by atoms with Crippen LogP contribution in [-0.2, 0) is 11.2 Å². The van der Waals surface area contributed by atoms with Gasteiger partial charge in [-0.15, -0.1) is 0 Å². The maximum atomic E-state index is 14.1. The molecule has 2 heterocycles. The van der Waals surface area contributed by atoms with Gasteiger partial charge in [0, 0.05) is 43.9 Å². The van der Waals surface area contributed by atoms with Crippen molar-refractivity contribution < 1.29 is 18.4 Å². The molecule has 0 spiro atoms. The number of rotatable bonds is 2. The summed E-state index contributed by atoms with van der Waals surface area (Å²) >= 11 is 0. The van der Waals surface area contributed by atoms with Crippen molar-refractivity contribution in [2.45, 2.75) is 31.6 Å². The molecule has 1 N–H and O–H groups in total. The number of nitrogens with one attached hydrogen (secondary N) is 1. The fourth-order valence-corrected chi connectivity index (χ4v) is 4.18. The van der Waals surface area contributed by atoms with E-state index in [4.69, 9.17) is 0 Å². The number of hydrogen-bond donors (Lipinski definition) is 1. The van der Waals surface area contributed by atoms with Crippen LogP contribution in [0.1, 0.15) is 36.3 Å². The summed E-state index contributed by atoms with van der Waals surface area (Å²) < 4.78 is 27.7. The SMILES string of the molecule is CN1C(=O)CCc2cc(NC(=O)N3CCCC(c4cc(F)ccc4F)C3)ccc21. The third-order valence-corrected chi connectivity index (χ3v) is 5.78. The smallest absolute Gasteiger partial charge is 0.321 e. The molecule has 2 aromatic rings. The molecule has 29 heavy (non-hydrogen) atoms. The first-order chi connectivity index (χ1) is 13.9. The molecule has 0 radical (unpaired) electrons. The van der Waals surface area contributed by atoms with Gasteiger partial charge in [-0.25, -0.2) is 13.6 Å². The van der Waals surface area contributed by atoms with Crippen molar-refractivity contribution in [3.63, 3.8) is 0 Å². The highest BCUT2D eigenvalue weighted by Gasteiger charge is 2.27. The molecule has 1 atom stereocenters. The Kier molecular flexibility index (Phi) is 5.22. The minimum atomic E-state index is -0.472. The number of fused-ring (bicyclic) bond motifs is 1. The van der Waals surface area contributed by atoms with E-state index in [0.29, 0.717) is 43.6 Å². The maximum absolute atomic E-state index is 14.1. The van der Waals surface area contributed by atoms with E-state index in [-0.39, 0.29) is 17.9 Å². The summed E-state index contributed by atoms with van der Waals surface area (Å²) in [7, 11) is 1.75. The third kappa shape index (κ3) is 3.95. The van der Waals surface area contributed by atoms with Crippen molar-refractivity contribution in [3.05, 3.63) is 59.2 Å².